The van der Waals surface area contributed by atoms with Crippen molar-refractivity contribution in [1.82, 2.24) is 10.2 Å². The number of anilines is 1. The van der Waals surface area contributed by atoms with Gasteiger partial charge in [0.25, 0.3) is 5.91 Å². The summed E-state index contributed by atoms with van der Waals surface area (Å²) in [7, 11) is -2.95. The van der Waals surface area contributed by atoms with E-state index in [-0.39, 0.29) is 34.7 Å². The fraction of sp³-hybridized carbons (Fsp3) is 0.417. The Morgan fingerprint density at radius 2 is 1.76 bits per heavy atom. The van der Waals surface area contributed by atoms with Gasteiger partial charge in [0.15, 0.2) is 15.0 Å². The van der Waals surface area contributed by atoms with Crippen LogP contribution in [0.15, 0.2) is 59.6 Å². The van der Waals surface area contributed by atoms with E-state index in [0.29, 0.717) is 5.56 Å². The minimum Gasteiger partial charge on any atom is -0.349 e. The molecular weight excluding hydrogens is 456 g/mol. The lowest BCUT2D eigenvalue weighted by atomic mass is 10.0. The van der Waals surface area contributed by atoms with E-state index in [1.165, 1.54) is 17.3 Å². The SMILES string of the molecule is O=C(NC1CCN(Cc2ccccc2)CC1)c1ccc(NC2=N[C@H]3CS(=O)(=O)C[C@H]3S2)cc1. The molecule has 0 bridgehead atoms. The summed E-state index contributed by atoms with van der Waals surface area (Å²) in [6.45, 7) is 2.91. The molecule has 2 aromatic rings. The summed E-state index contributed by atoms with van der Waals surface area (Å²) in [6, 6.07) is 17.9. The molecule has 2 atom stereocenters. The number of benzene rings is 2. The lowest BCUT2D eigenvalue weighted by Crippen LogP contribution is -2.44. The predicted molar refractivity (Wildman–Crippen MR) is 134 cm³/mol. The summed E-state index contributed by atoms with van der Waals surface area (Å²) < 4.78 is 23.4. The summed E-state index contributed by atoms with van der Waals surface area (Å²) >= 11 is 1.49. The first-order valence-electron chi connectivity index (χ1n) is 11.3. The lowest BCUT2D eigenvalue weighted by molar-refractivity contribution is 0.0909. The molecule has 2 N–H and O–H groups in total. The van der Waals surface area contributed by atoms with Crippen molar-refractivity contribution in [3.63, 3.8) is 0 Å². The number of likely N-dealkylation sites (tertiary alicyclic amines) is 1. The van der Waals surface area contributed by atoms with Gasteiger partial charge < -0.3 is 10.6 Å². The molecule has 0 radical (unpaired) electrons. The van der Waals surface area contributed by atoms with Gasteiger partial charge >= 0.3 is 0 Å². The van der Waals surface area contributed by atoms with Crippen LogP contribution in [0.5, 0.6) is 0 Å². The van der Waals surface area contributed by atoms with E-state index in [2.05, 4.69) is 44.8 Å². The van der Waals surface area contributed by atoms with Crippen LogP contribution in [0.1, 0.15) is 28.8 Å². The van der Waals surface area contributed by atoms with E-state index < -0.39 is 9.84 Å². The highest BCUT2D eigenvalue weighted by molar-refractivity contribution is 8.15. The van der Waals surface area contributed by atoms with Crippen molar-refractivity contribution in [2.75, 3.05) is 29.9 Å². The monoisotopic (exact) mass is 484 g/mol. The van der Waals surface area contributed by atoms with Crippen LogP contribution in [0.25, 0.3) is 0 Å². The second kappa shape index (κ2) is 9.48. The topological polar surface area (TPSA) is 90.9 Å². The van der Waals surface area contributed by atoms with Gasteiger partial charge in [-0.15, -0.1) is 0 Å². The van der Waals surface area contributed by atoms with Gasteiger partial charge in [-0.05, 0) is 42.7 Å². The van der Waals surface area contributed by atoms with E-state index in [1.54, 1.807) is 0 Å². The van der Waals surface area contributed by atoms with E-state index in [9.17, 15) is 13.2 Å². The number of aliphatic imine (C=N–C) groups is 1. The molecule has 0 unspecified atom stereocenters. The second-order valence-electron chi connectivity index (χ2n) is 8.95. The molecule has 7 nitrogen and oxygen atoms in total. The largest absolute Gasteiger partial charge is 0.349 e. The highest BCUT2D eigenvalue weighted by Gasteiger charge is 2.42. The molecule has 9 heteroatoms. The van der Waals surface area contributed by atoms with E-state index in [0.717, 1.165) is 43.3 Å². The van der Waals surface area contributed by atoms with Gasteiger partial charge in [-0.2, -0.15) is 0 Å². The molecule has 2 aromatic carbocycles. The van der Waals surface area contributed by atoms with Gasteiger partial charge in [-0.25, -0.2) is 8.42 Å². The minimum atomic E-state index is -2.95. The first kappa shape index (κ1) is 22.4. The molecule has 5 rings (SSSR count). The highest BCUT2D eigenvalue weighted by Crippen LogP contribution is 2.34. The molecule has 33 heavy (non-hydrogen) atoms. The molecule has 0 aliphatic carbocycles. The van der Waals surface area contributed by atoms with Crippen LogP contribution in [-0.2, 0) is 16.4 Å². The maximum Gasteiger partial charge on any atom is 0.251 e. The minimum absolute atomic E-state index is 0.0154. The van der Waals surface area contributed by atoms with Gasteiger partial charge in [-0.1, -0.05) is 42.1 Å². The van der Waals surface area contributed by atoms with Crippen LogP contribution in [0.2, 0.25) is 0 Å². The van der Waals surface area contributed by atoms with Gasteiger partial charge in [-0.3, -0.25) is 14.7 Å². The zero-order valence-corrected chi connectivity index (χ0v) is 19.9. The average molecular weight is 485 g/mol. The summed E-state index contributed by atoms with van der Waals surface area (Å²) in [6.07, 6.45) is 1.90. The third kappa shape index (κ3) is 5.59. The van der Waals surface area contributed by atoms with Crippen LogP contribution in [0, 0.1) is 0 Å². The molecule has 1 amide bonds. The van der Waals surface area contributed by atoms with Crippen LogP contribution >= 0.6 is 11.8 Å². The average Bonchev–Trinajstić information content (AvgIpc) is 3.28. The Bertz CT molecular complexity index is 1130. The number of carbonyl (C=O) groups excluding carboxylic acids is 1. The van der Waals surface area contributed by atoms with Gasteiger partial charge in [0.05, 0.1) is 17.5 Å². The number of rotatable bonds is 5. The fourth-order valence-electron chi connectivity index (χ4n) is 4.59. The van der Waals surface area contributed by atoms with E-state index >= 15 is 0 Å². The van der Waals surface area contributed by atoms with Crippen molar-refractivity contribution >= 4 is 38.4 Å². The number of sulfone groups is 1. The first-order valence-corrected chi connectivity index (χ1v) is 14.0. The van der Waals surface area contributed by atoms with Crippen LogP contribution in [-0.4, -0.2) is 66.3 Å². The number of hydrogen-bond donors (Lipinski definition) is 2. The number of nitrogens with one attached hydrogen (secondary N) is 2. The van der Waals surface area contributed by atoms with Crippen molar-refractivity contribution in [3.8, 4) is 0 Å². The number of amides is 1. The zero-order chi connectivity index (χ0) is 22.8. The van der Waals surface area contributed by atoms with Gasteiger partial charge in [0, 0.05) is 42.2 Å². The molecule has 0 saturated carbocycles. The molecule has 3 aliphatic heterocycles. The Labute approximate surface area is 199 Å². The van der Waals surface area contributed by atoms with Crippen LogP contribution in [0.3, 0.4) is 0 Å². The predicted octanol–water partition coefficient (Wildman–Crippen LogP) is 2.76. The van der Waals surface area contributed by atoms with Crippen molar-refractivity contribution in [2.45, 2.75) is 36.7 Å². The summed E-state index contributed by atoms with van der Waals surface area (Å²) in [5.41, 5.74) is 2.80. The first-order chi connectivity index (χ1) is 15.9. The molecular formula is C24H28N4O3S2. The normalized spacial score (nSPS) is 24.8. The number of piperidine rings is 1. The quantitative estimate of drug-likeness (QED) is 0.678. The Balaban J connectivity index is 1.09. The molecule has 174 valence electrons. The van der Waals surface area contributed by atoms with Crippen molar-refractivity contribution in [2.24, 2.45) is 4.99 Å². The lowest BCUT2D eigenvalue weighted by Gasteiger charge is -2.32. The fourth-order valence-corrected chi connectivity index (χ4v) is 8.27. The Morgan fingerprint density at radius 1 is 1.03 bits per heavy atom. The number of carbonyl (C=O) groups is 1. The number of nitrogens with zero attached hydrogens (tertiary/aromatic N) is 2. The summed E-state index contributed by atoms with van der Waals surface area (Å²) in [4.78, 5) is 19.7. The van der Waals surface area contributed by atoms with Crippen LogP contribution in [0.4, 0.5) is 5.69 Å². The van der Waals surface area contributed by atoms with E-state index in [4.69, 9.17) is 0 Å². The van der Waals surface area contributed by atoms with Crippen molar-refractivity contribution in [3.05, 3.63) is 65.7 Å². The number of thioether (sulfide) groups is 1. The highest BCUT2D eigenvalue weighted by atomic mass is 32.2. The number of fused-ring (bicyclic) bond motifs is 1. The third-order valence-corrected chi connectivity index (χ3v) is 9.53. The van der Waals surface area contributed by atoms with Crippen LogP contribution < -0.4 is 10.6 Å². The summed E-state index contributed by atoms with van der Waals surface area (Å²) in [5.74, 6) is 0.289. The molecule has 0 spiro atoms. The zero-order valence-electron chi connectivity index (χ0n) is 18.3. The van der Waals surface area contributed by atoms with Crippen molar-refractivity contribution < 1.29 is 13.2 Å². The molecule has 2 saturated heterocycles. The maximum absolute atomic E-state index is 12.7. The molecule has 3 heterocycles. The third-order valence-electron chi connectivity index (χ3n) is 6.39. The smallest absolute Gasteiger partial charge is 0.251 e. The second-order valence-corrected chi connectivity index (χ2v) is 12.3. The molecule has 3 aliphatic rings. The van der Waals surface area contributed by atoms with E-state index in [1.807, 2.05) is 30.3 Å². The standard InChI is InChI=1S/C24H28N4O3S2/c29-23(25-20-10-12-28(13-11-20)14-17-4-2-1-3-5-17)18-6-8-19(9-7-18)26-24-27-21-15-33(30,31)16-22(21)32-24/h1-9,20-22H,10-16H2,(H,25,29)(H,26,27)/t21-,22+/m0/s1. The molecule has 2 fully saturated rings. The Morgan fingerprint density at radius 3 is 2.45 bits per heavy atom. The van der Waals surface area contributed by atoms with Gasteiger partial charge in [0.2, 0.25) is 0 Å². The Hall–Kier alpha value is -2.36. The maximum atomic E-state index is 12.7. The Kier molecular flexibility index (Phi) is 6.44. The molecule has 0 aromatic heterocycles. The van der Waals surface area contributed by atoms with Gasteiger partial charge in [0.1, 0.15) is 0 Å². The summed E-state index contributed by atoms with van der Waals surface area (Å²) in [5, 5.41) is 7.19. The van der Waals surface area contributed by atoms with Crippen molar-refractivity contribution in [1.29, 1.82) is 0 Å². The number of hydrogen-bond acceptors (Lipinski definition) is 7. The number of amidine groups is 1.